The van der Waals surface area contributed by atoms with E-state index in [2.05, 4.69) is 38.6 Å². The number of rotatable bonds is 10. The Hall–Kier alpha value is -3.56. The summed E-state index contributed by atoms with van der Waals surface area (Å²) in [5.41, 5.74) is 4.50. The van der Waals surface area contributed by atoms with E-state index in [4.69, 9.17) is 4.74 Å². The Morgan fingerprint density at radius 2 is 1.31 bits per heavy atom. The van der Waals surface area contributed by atoms with Crippen LogP contribution < -0.4 is 4.74 Å². The Morgan fingerprint density at radius 3 is 1.83 bits per heavy atom. The van der Waals surface area contributed by atoms with E-state index in [-0.39, 0.29) is 5.56 Å². The van der Waals surface area contributed by atoms with E-state index >= 15 is 0 Å². The summed E-state index contributed by atoms with van der Waals surface area (Å²) in [5.74, 6) is 0.370. The number of thiol groups is 1. The fourth-order valence-electron chi connectivity index (χ4n) is 7.30. The van der Waals surface area contributed by atoms with E-state index < -0.39 is 23.3 Å². The number of hydrogen-bond acceptors (Lipinski definition) is 4. The van der Waals surface area contributed by atoms with Crippen LogP contribution in [-0.4, -0.2) is 16.8 Å². The second kappa shape index (κ2) is 19.0. The molecule has 9 heteroatoms. The minimum atomic E-state index is -2.56. The van der Waals surface area contributed by atoms with Crippen LogP contribution in [0.5, 0.6) is 5.75 Å². The second-order valence-corrected chi connectivity index (χ2v) is 15.4. The molecular weight excluding hydrogens is 705 g/mol. The molecular formula is C43H46F4O3S2. The third kappa shape index (κ3) is 11.0. The van der Waals surface area contributed by atoms with Gasteiger partial charge in [-0.1, -0.05) is 87.3 Å². The molecule has 4 aromatic carbocycles. The standard InChI is InChI=1S/C22H24F2OS.C21H22F2O2S/c1-2-14-3-5-15(6-4-14)16-7-9-17(10-8-16)20-13-18(21(23)24)11-12-19(20)22(25)26;1-14-2-4-15(5-3-14)16-6-10-18(11-7-16)25-20(24)17-8-12-19(13-9-17)26-21(22)23/h7-15,21H,2-6H2,1H3,(H,25,26);6-15,21H,2-5H2,1H3. The molecule has 3 nitrogen and oxygen atoms in total. The minimum absolute atomic E-state index is 0.0831. The summed E-state index contributed by atoms with van der Waals surface area (Å²) in [6.45, 7) is 4.56. The third-order valence-electron chi connectivity index (χ3n) is 10.5. The maximum atomic E-state index is 13.1. The molecule has 2 fully saturated rings. The Bertz CT molecular complexity index is 1750. The van der Waals surface area contributed by atoms with Crippen molar-refractivity contribution in [3.63, 3.8) is 0 Å². The zero-order valence-electron chi connectivity index (χ0n) is 29.6. The normalized spacial score (nSPS) is 20.2. The molecule has 0 bridgehead atoms. The number of esters is 1. The largest absolute Gasteiger partial charge is 0.423 e. The number of halogens is 4. The first-order valence-corrected chi connectivity index (χ1v) is 19.5. The first-order valence-electron chi connectivity index (χ1n) is 18.1. The van der Waals surface area contributed by atoms with Gasteiger partial charge in [-0.15, -0.1) is 12.6 Å². The number of ether oxygens (including phenoxy) is 1. The molecule has 0 N–H and O–H groups in total. The highest BCUT2D eigenvalue weighted by atomic mass is 32.2. The van der Waals surface area contributed by atoms with Gasteiger partial charge in [0.15, 0.2) is 0 Å². The van der Waals surface area contributed by atoms with Gasteiger partial charge < -0.3 is 4.74 Å². The van der Waals surface area contributed by atoms with E-state index in [0.717, 1.165) is 17.4 Å². The van der Waals surface area contributed by atoms with Gasteiger partial charge in [0, 0.05) is 16.0 Å². The molecule has 2 aliphatic rings. The van der Waals surface area contributed by atoms with Gasteiger partial charge in [0.05, 0.1) is 5.56 Å². The lowest BCUT2D eigenvalue weighted by Gasteiger charge is -2.28. The summed E-state index contributed by atoms with van der Waals surface area (Å²) >= 11 is 4.34. The van der Waals surface area contributed by atoms with Crippen molar-refractivity contribution in [3.05, 3.63) is 119 Å². The average Bonchev–Trinajstić information content (AvgIpc) is 3.15. The molecule has 52 heavy (non-hydrogen) atoms. The van der Waals surface area contributed by atoms with Crippen LogP contribution in [-0.2, 0) is 0 Å². The molecule has 4 aromatic rings. The highest BCUT2D eigenvalue weighted by molar-refractivity contribution is 7.99. The van der Waals surface area contributed by atoms with E-state index in [1.54, 1.807) is 0 Å². The van der Waals surface area contributed by atoms with Crippen LogP contribution in [0.3, 0.4) is 0 Å². The van der Waals surface area contributed by atoms with E-state index in [1.165, 1.54) is 111 Å². The number of thioether (sulfide) groups is 1. The monoisotopic (exact) mass is 750 g/mol. The summed E-state index contributed by atoms with van der Waals surface area (Å²) in [5, 5.41) is -0.414. The number of hydrogen-bond donors (Lipinski definition) is 1. The summed E-state index contributed by atoms with van der Waals surface area (Å²) in [6.07, 6.45) is 8.61. The SMILES string of the molecule is CC1CCC(c2ccc(OC(=O)c3ccc(SC(F)F)cc3)cc2)CC1.CCC1CCC(c2ccc(-c3cc(C(F)F)ccc3C(=O)S)cc2)CC1. The Morgan fingerprint density at radius 1 is 0.750 bits per heavy atom. The van der Waals surface area contributed by atoms with Crippen LogP contribution >= 0.6 is 24.4 Å². The lowest BCUT2D eigenvalue weighted by atomic mass is 9.77. The first-order chi connectivity index (χ1) is 25.0. The van der Waals surface area contributed by atoms with Gasteiger partial charge in [0.25, 0.3) is 12.2 Å². The predicted octanol–water partition coefficient (Wildman–Crippen LogP) is 13.6. The van der Waals surface area contributed by atoms with Crippen molar-refractivity contribution in [1.29, 1.82) is 0 Å². The lowest BCUT2D eigenvalue weighted by Crippen LogP contribution is -2.12. The van der Waals surface area contributed by atoms with Crippen LogP contribution in [0, 0.1) is 11.8 Å². The lowest BCUT2D eigenvalue weighted by molar-refractivity contribution is 0.0734. The van der Waals surface area contributed by atoms with Gasteiger partial charge in [0.1, 0.15) is 5.75 Å². The molecule has 0 amide bonds. The van der Waals surface area contributed by atoms with Gasteiger partial charge in [-0.3, -0.25) is 4.79 Å². The molecule has 2 saturated carbocycles. The van der Waals surface area contributed by atoms with Gasteiger partial charge >= 0.3 is 5.97 Å². The number of carbonyl (C=O) groups excluding carboxylic acids is 2. The molecule has 0 aliphatic heterocycles. The van der Waals surface area contributed by atoms with Crippen LogP contribution in [0.15, 0.2) is 95.9 Å². The average molecular weight is 751 g/mol. The summed E-state index contributed by atoms with van der Waals surface area (Å²) in [7, 11) is 0. The van der Waals surface area contributed by atoms with E-state index in [0.29, 0.717) is 50.9 Å². The summed E-state index contributed by atoms with van der Waals surface area (Å²) < 4.78 is 56.2. The molecule has 0 heterocycles. The van der Waals surface area contributed by atoms with Crippen molar-refractivity contribution in [3.8, 4) is 16.9 Å². The van der Waals surface area contributed by atoms with Gasteiger partial charge in [-0.05, 0) is 133 Å². The topological polar surface area (TPSA) is 43.4 Å². The Labute approximate surface area is 314 Å². The molecule has 0 atom stereocenters. The summed E-state index contributed by atoms with van der Waals surface area (Å²) in [4.78, 5) is 24.4. The fraction of sp³-hybridized carbons (Fsp3) is 0.395. The molecule has 276 valence electrons. The van der Waals surface area contributed by atoms with Gasteiger partial charge in [-0.25, -0.2) is 13.6 Å². The zero-order chi connectivity index (χ0) is 37.2. The quantitative estimate of drug-likeness (QED) is 0.0576. The van der Waals surface area contributed by atoms with Crippen molar-refractivity contribution in [2.24, 2.45) is 11.8 Å². The van der Waals surface area contributed by atoms with Crippen LogP contribution in [0.2, 0.25) is 0 Å². The fourth-order valence-corrected chi connectivity index (χ4v) is 8.00. The van der Waals surface area contributed by atoms with Gasteiger partial charge in [-0.2, -0.15) is 8.78 Å². The number of carbonyl (C=O) groups is 2. The molecule has 0 unspecified atom stereocenters. The maximum absolute atomic E-state index is 13.1. The van der Waals surface area contributed by atoms with Crippen LogP contribution in [0.25, 0.3) is 11.1 Å². The van der Waals surface area contributed by atoms with Crippen LogP contribution in [0.4, 0.5) is 17.6 Å². The van der Waals surface area contributed by atoms with Crippen molar-refractivity contribution < 1.29 is 31.9 Å². The number of alkyl halides is 4. The highest BCUT2D eigenvalue weighted by Gasteiger charge is 2.22. The molecule has 2 aliphatic carbocycles. The smallest absolute Gasteiger partial charge is 0.343 e. The number of benzene rings is 4. The van der Waals surface area contributed by atoms with Crippen LogP contribution in [0.1, 0.15) is 127 Å². The molecule has 0 radical (unpaired) electrons. The maximum Gasteiger partial charge on any atom is 0.343 e. The van der Waals surface area contributed by atoms with E-state index in [9.17, 15) is 27.2 Å². The zero-order valence-corrected chi connectivity index (χ0v) is 31.3. The molecule has 0 spiro atoms. The minimum Gasteiger partial charge on any atom is -0.423 e. The summed E-state index contributed by atoms with van der Waals surface area (Å²) in [6, 6.07) is 25.9. The molecule has 0 saturated heterocycles. The van der Waals surface area contributed by atoms with Gasteiger partial charge in [0.2, 0.25) is 5.12 Å². The van der Waals surface area contributed by atoms with E-state index in [1.807, 2.05) is 36.4 Å². The second-order valence-electron chi connectivity index (χ2n) is 14.0. The van der Waals surface area contributed by atoms with Crippen molar-refractivity contribution in [2.45, 2.75) is 101 Å². The Kier molecular flexibility index (Phi) is 14.5. The Balaban J connectivity index is 0.000000201. The third-order valence-corrected chi connectivity index (χ3v) is 11.5. The van der Waals surface area contributed by atoms with Crippen molar-refractivity contribution in [1.82, 2.24) is 0 Å². The van der Waals surface area contributed by atoms with Crippen molar-refractivity contribution in [2.75, 3.05) is 0 Å². The predicted molar refractivity (Wildman–Crippen MR) is 205 cm³/mol. The highest BCUT2D eigenvalue weighted by Crippen LogP contribution is 2.39. The molecule has 6 rings (SSSR count). The van der Waals surface area contributed by atoms with Crippen molar-refractivity contribution >= 4 is 35.5 Å². The molecule has 0 aromatic heterocycles. The first kappa shape index (κ1) is 39.6.